The van der Waals surface area contributed by atoms with Crippen molar-refractivity contribution in [3.8, 4) is 0 Å². The monoisotopic (exact) mass is 303 g/mol. The Morgan fingerprint density at radius 1 is 1.43 bits per heavy atom. The number of thiocarbonyl (C=S) groups is 1. The van der Waals surface area contributed by atoms with E-state index in [1.807, 2.05) is 23.1 Å². The number of pyridine rings is 1. The second kappa shape index (κ2) is 6.32. The highest BCUT2D eigenvalue weighted by molar-refractivity contribution is 7.80. The van der Waals surface area contributed by atoms with Gasteiger partial charge in [0, 0.05) is 19.0 Å². The third-order valence-electron chi connectivity index (χ3n) is 3.66. The number of rotatable bonds is 3. The Morgan fingerprint density at radius 2 is 2.24 bits per heavy atom. The van der Waals surface area contributed by atoms with Crippen LogP contribution < -0.4 is 5.32 Å². The van der Waals surface area contributed by atoms with Gasteiger partial charge < -0.3 is 9.64 Å². The molecule has 1 N–H and O–H groups in total. The van der Waals surface area contributed by atoms with Gasteiger partial charge in [-0.15, -0.1) is 0 Å². The van der Waals surface area contributed by atoms with E-state index in [1.165, 1.54) is 0 Å². The van der Waals surface area contributed by atoms with Crippen LogP contribution in [0.15, 0.2) is 30.2 Å². The fourth-order valence-electron chi connectivity index (χ4n) is 2.56. The molecule has 1 unspecified atom stereocenters. The molecule has 0 saturated carbocycles. The maximum Gasteiger partial charge on any atom is 0.274 e. The van der Waals surface area contributed by atoms with Crippen molar-refractivity contribution in [2.24, 2.45) is 0 Å². The van der Waals surface area contributed by atoms with Crippen molar-refractivity contribution in [3.63, 3.8) is 0 Å². The zero-order valence-corrected chi connectivity index (χ0v) is 12.4. The van der Waals surface area contributed by atoms with Crippen LogP contribution in [-0.4, -0.2) is 40.2 Å². The fourth-order valence-corrected chi connectivity index (χ4v) is 2.82. The number of hydrogen-bond donors (Lipinski definition) is 1. The molecule has 0 radical (unpaired) electrons. The third kappa shape index (κ3) is 3.28. The first kappa shape index (κ1) is 14.2. The smallest absolute Gasteiger partial charge is 0.274 e. The van der Waals surface area contributed by atoms with E-state index in [1.54, 1.807) is 12.4 Å². The number of carbonyl (C=O) groups excluding carboxylic acids is 1. The molecule has 0 aliphatic carbocycles. The minimum Gasteiger partial charge on any atom is -0.376 e. The lowest BCUT2D eigenvalue weighted by atomic mass is 10.1. The molecular formula is C15H17N3O2S. The van der Waals surface area contributed by atoms with E-state index in [-0.39, 0.29) is 12.0 Å². The summed E-state index contributed by atoms with van der Waals surface area (Å²) in [5, 5.41) is 3.16. The molecule has 2 aliphatic rings. The van der Waals surface area contributed by atoms with Crippen molar-refractivity contribution in [2.75, 3.05) is 13.2 Å². The van der Waals surface area contributed by atoms with Crippen molar-refractivity contribution in [3.05, 3.63) is 35.8 Å². The van der Waals surface area contributed by atoms with Crippen LogP contribution in [0.5, 0.6) is 0 Å². The van der Waals surface area contributed by atoms with Gasteiger partial charge in [0.05, 0.1) is 12.6 Å². The number of nitrogens with one attached hydrogen (secondary N) is 1. The van der Waals surface area contributed by atoms with Crippen LogP contribution in [-0.2, 0) is 9.53 Å². The highest BCUT2D eigenvalue weighted by Gasteiger charge is 2.32. The predicted octanol–water partition coefficient (Wildman–Crippen LogP) is 1.71. The summed E-state index contributed by atoms with van der Waals surface area (Å²) in [6.07, 6.45) is 8.64. The van der Waals surface area contributed by atoms with Crippen molar-refractivity contribution >= 4 is 29.3 Å². The van der Waals surface area contributed by atoms with Crippen LogP contribution in [0.3, 0.4) is 0 Å². The number of aromatic nitrogens is 1. The van der Waals surface area contributed by atoms with Gasteiger partial charge >= 0.3 is 0 Å². The lowest BCUT2D eigenvalue weighted by molar-refractivity contribution is -0.116. The van der Waals surface area contributed by atoms with Gasteiger partial charge in [-0.3, -0.25) is 15.1 Å². The minimum absolute atomic E-state index is 0.130. The summed E-state index contributed by atoms with van der Waals surface area (Å²) >= 11 is 5.26. The third-order valence-corrected chi connectivity index (χ3v) is 3.98. The maximum atomic E-state index is 12.1. The highest BCUT2D eigenvalue weighted by atomic mass is 32.1. The van der Waals surface area contributed by atoms with Gasteiger partial charge in [0.15, 0.2) is 5.11 Å². The Kier molecular flexibility index (Phi) is 4.26. The molecule has 3 rings (SSSR count). The van der Waals surface area contributed by atoms with E-state index < -0.39 is 0 Å². The van der Waals surface area contributed by atoms with Crippen molar-refractivity contribution in [1.82, 2.24) is 15.2 Å². The van der Waals surface area contributed by atoms with Crippen LogP contribution in [0.1, 0.15) is 24.8 Å². The second-order valence-electron chi connectivity index (χ2n) is 5.17. The minimum atomic E-state index is -0.160. The lowest BCUT2D eigenvalue weighted by Gasteiger charge is -2.27. The Bertz CT molecular complexity index is 568. The zero-order chi connectivity index (χ0) is 14.7. The van der Waals surface area contributed by atoms with Crippen LogP contribution in [0, 0.1) is 0 Å². The first-order chi connectivity index (χ1) is 10.2. The second-order valence-corrected chi connectivity index (χ2v) is 5.56. The van der Waals surface area contributed by atoms with E-state index in [0.29, 0.717) is 17.4 Å². The Hall–Kier alpha value is -1.79. The van der Waals surface area contributed by atoms with Gasteiger partial charge in [-0.25, -0.2) is 0 Å². The molecule has 2 fully saturated rings. The van der Waals surface area contributed by atoms with Crippen LogP contribution in [0.4, 0.5) is 0 Å². The molecule has 3 heterocycles. The number of ether oxygens (including phenoxy) is 1. The van der Waals surface area contributed by atoms with Crippen molar-refractivity contribution < 1.29 is 9.53 Å². The largest absolute Gasteiger partial charge is 0.376 e. The molecule has 1 aromatic heterocycles. The molecule has 1 atom stereocenters. The zero-order valence-electron chi connectivity index (χ0n) is 11.6. The molecule has 1 amide bonds. The van der Waals surface area contributed by atoms with Gasteiger partial charge in [0.25, 0.3) is 5.91 Å². The van der Waals surface area contributed by atoms with Gasteiger partial charge in [-0.05, 0) is 55.3 Å². The van der Waals surface area contributed by atoms with Crippen LogP contribution in [0.2, 0.25) is 0 Å². The molecule has 1 aromatic rings. The van der Waals surface area contributed by atoms with E-state index in [0.717, 1.165) is 31.4 Å². The van der Waals surface area contributed by atoms with Gasteiger partial charge in [-0.1, -0.05) is 0 Å². The Labute approximate surface area is 129 Å². The predicted molar refractivity (Wildman–Crippen MR) is 83.3 cm³/mol. The summed E-state index contributed by atoms with van der Waals surface area (Å²) < 4.78 is 5.74. The van der Waals surface area contributed by atoms with Gasteiger partial charge in [0.1, 0.15) is 5.70 Å². The number of amides is 1. The summed E-state index contributed by atoms with van der Waals surface area (Å²) in [6, 6.07) is 3.72. The van der Waals surface area contributed by atoms with E-state index in [4.69, 9.17) is 17.0 Å². The summed E-state index contributed by atoms with van der Waals surface area (Å²) in [7, 11) is 0. The van der Waals surface area contributed by atoms with Gasteiger partial charge in [-0.2, -0.15) is 0 Å². The summed E-state index contributed by atoms with van der Waals surface area (Å²) in [5.41, 5.74) is 1.50. The topological polar surface area (TPSA) is 54.5 Å². The first-order valence-electron chi connectivity index (χ1n) is 7.10. The average Bonchev–Trinajstić information content (AvgIpc) is 2.76. The number of hydrogen-bond acceptors (Lipinski definition) is 4. The van der Waals surface area contributed by atoms with E-state index in [9.17, 15) is 4.79 Å². The lowest BCUT2D eigenvalue weighted by Crippen LogP contribution is -2.37. The van der Waals surface area contributed by atoms with E-state index in [2.05, 4.69) is 10.3 Å². The average molecular weight is 303 g/mol. The fraction of sp³-hybridized carbons (Fsp3) is 0.400. The molecule has 21 heavy (non-hydrogen) atoms. The standard InChI is InChI=1S/C15H17N3O2S/c19-14-13(9-11-4-6-16-7-5-11)18(15(21)17-14)10-12-3-1-2-8-20-12/h4-7,9,12H,1-3,8,10H2,(H,17,19,21)/b13-9+. The number of carbonyl (C=O) groups is 1. The SMILES string of the molecule is O=C1NC(=S)N(CC2CCCCO2)/C1=C/c1ccncc1. The molecule has 110 valence electrons. The molecule has 0 bridgehead atoms. The number of nitrogens with zero attached hydrogens (tertiary/aromatic N) is 2. The molecule has 0 spiro atoms. The molecule has 2 saturated heterocycles. The molecule has 2 aliphatic heterocycles. The van der Waals surface area contributed by atoms with Crippen molar-refractivity contribution in [2.45, 2.75) is 25.4 Å². The van der Waals surface area contributed by atoms with Gasteiger partial charge in [0.2, 0.25) is 0 Å². The molecule has 0 aromatic carbocycles. The summed E-state index contributed by atoms with van der Waals surface area (Å²) in [6.45, 7) is 1.41. The summed E-state index contributed by atoms with van der Waals surface area (Å²) in [5.74, 6) is -0.160. The molecule has 6 heteroatoms. The normalized spacial score (nSPS) is 24.5. The quantitative estimate of drug-likeness (QED) is 0.680. The van der Waals surface area contributed by atoms with Crippen LogP contribution >= 0.6 is 12.2 Å². The Morgan fingerprint density at radius 3 is 2.95 bits per heavy atom. The maximum absolute atomic E-state index is 12.1. The first-order valence-corrected chi connectivity index (χ1v) is 7.51. The molecule has 5 nitrogen and oxygen atoms in total. The van der Waals surface area contributed by atoms with Crippen LogP contribution in [0.25, 0.3) is 6.08 Å². The van der Waals surface area contributed by atoms with E-state index >= 15 is 0 Å². The molecular weight excluding hydrogens is 286 g/mol. The Balaban J connectivity index is 1.80. The highest BCUT2D eigenvalue weighted by Crippen LogP contribution is 2.21. The van der Waals surface area contributed by atoms with Crippen molar-refractivity contribution in [1.29, 1.82) is 0 Å². The summed E-state index contributed by atoms with van der Waals surface area (Å²) in [4.78, 5) is 17.9.